The van der Waals surface area contributed by atoms with Crippen LogP contribution in [0.25, 0.3) is 0 Å². The van der Waals surface area contributed by atoms with Crippen molar-refractivity contribution < 1.29 is 22.0 Å². The Bertz CT molecular complexity index is 424. The highest BCUT2D eigenvalue weighted by Crippen LogP contribution is 2.33. The molecule has 0 atom stereocenters. The molecule has 0 saturated heterocycles. The van der Waals surface area contributed by atoms with Crippen molar-refractivity contribution in [2.75, 3.05) is 24.5 Å². The highest BCUT2D eigenvalue weighted by atomic mass is 35.5. The van der Waals surface area contributed by atoms with Gasteiger partial charge in [0.1, 0.15) is 5.82 Å². The largest absolute Gasteiger partial charge is 0.417 e. The first-order chi connectivity index (χ1) is 8.75. The molecular weight excluding hydrogens is 293 g/mol. The number of hydrogen-bond acceptors (Lipinski definition) is 3. The van der Waals surface area contributed by atoms with E-state index in [2.05, 4.69) is 4.98 Å². The maximum Gasteiger partial charge on any atom is 0.417 e. The number of nitrogens with zero attached hydrogens (tertiary/aromatic N) is 2. The van der Waals surface area contributed by atoms with Gasteiger partial charge < -0.3 is 10.6 Å². The van der Waals surface area contributed by atoms with Crippen LogP contribution >= 0.6 is 11.6 Å². The van der Waals surface area contributed by atoms with E-state index in [0.29, 0.717) is 12.3 Å². The van der Waals surface area contributed by atoms with E-state index in [1.165, 1.54) is 0 Å². The molecule has 0 spiro atoms. The molecule has 9 heteroatoms. The van der Waals surface area contributed by atoms with Crippen LogP contribution in [0.15, 0.2) is 12.3 Å². The van der Waals surface area contributed by atoms with Crippen molar-refractivity contribution >= 4 is 17.4 Å². The first-order valence-corrected chi connectivity index (χ1v) is 5.59. The van der Waals surface area contributed by atoms with Crippen molar-refractivity contribution in [1.29, 1.82) is 0 Å². The number of alkyl halides is 5. The Morgan fingerprint density at radius 1 is 1.37 bits per heavy atom. The van der Waals surface area contributed by atoms with Crippen molar-refractivity contribution in [3.8, 4) is 0 Å². The Kier molecular flexibility index (Phi) is 5.30. The normalized spacial score (nSPS) is 12.0. The number of halogens is 6. The topological polar surface area (TPSA) is 42.1 Å². The molecule has 108 valence electrons. The zero-order chi connectivity index (χ0) is 14.6. The SMILES string of the molecule is NCCN(CC(F)F)c1ncc(C(F)(F)F)cc1Cl. The number of nitrogens with two attached hydrogens (primary N) is 1. The van der Waals surface area contributed by atoms with Gasteiger partial charge in [0.2, 0.25) is 0 Å². The van der Waals surface area contributed by atoms with Crippen LogP contribution in [0.3, 0.4) is 0 Å². The third kappa shape index (κ3) is 4.46. The Morgan fingerprint density at radius 3 is 2.42 bits per heavy atom. The average Bonchev–Trinajstić information content (AvgIpc) is 2.26. The number of pyridine rings is 1. The van der Waals surface area contributed by atoms with E-state index in [1.54, 1.807) is 0 Å². The molecule has 0 saturated carbocycles. The lowest BCUT2D eigenvalue weighted by Crippen LogP contribution is -2.34. The summed E-state index contributed by atoms with van der Waals surface area (Å²) in [5.41, 5.74) is 4.22. The second kappa shape index (κ2) is 6.33. The second-order valence-corrected chi connectivity index (χ2v) is 4.06. The summed E-state index contributed by atoms with van der Waals surface area (Å²) in [7, 11) is 0. The standard InChI is InChI=1S/C10H11ClF5N3/c11-7-3-6(10(14,15)16)4-18-9(7)19(2-1-17)5-8(12)13/h3-4,8H,1-2,5,17H2. The molecule has 0 aliphatic carbocycles. The van der Waals surface area contributed by atoms with Crippen LogP contribution in [0.1, 0.15) is 5.56 Å². The molecule has 0 aromatic carbocycles. The third-order valence-electron chi connectivity index (χ3n) is 2.21. The number of anilines is 1. The van der Waals surface area contributed by atoms with Gasteiger partial charge >= 0.3 is 6.18 Å². The van der Waals surface area contributed by atoms with Gasteiger partial charge in [-0.2, -0.15) is 13.2 Å². The third-order valence-corrected chi connectivity index (χ3v) is 2.48. The van der Waals surface area contributed by atoms with Crippen LogP contribution in [0.2, 0.25) is 5.02 Å². The van der Waals surface area contributed by atoms with Gasteiger partial charge in [-0.15, -0.1) is 0 Å². The predicted molar refractivity (Wildman–Crippen MR) is 61.5 cm³/mol. The van der Waals surface area contributed by atoms with E-state index in [1.807, 2.05) is 0 Å². The van der Waals surface area contributed by atoms with Gasteiger partial charge in [0.05, 0.1) is 17.1 Å². The van der Waals surface area contributed by atoms with Gasteiger partial charge in [0.15, 0.2) is 0 Å². The van der Waals surface area contributed by atoms with Gasteiger partial charge in [-0.25, -0.2) is 13.8 Å². The average molecular weight is 304 g/mol. The molecule has 0 unspecified atom stereocenters. The molecule has 3 nitrogen and oxygen atoms in total. The highest BCUT2D eigenvalue weighted by Gasteiger charge is 2.32. The summed E-state index contributed by atoms with van der Waals surface area (Å²) >= 11 is 5.66. The molecule has 19 heavy (non-hydrogen) atoms. The van der Waals surface area contributed by atoms with Crippen molar-refractivity contribution in [3.05, 3.63) is 22.8 Å². The molecule has 1 aromatic rings. The molecule has 0 bridgehead atoms. The molecule has 0 aliphatic heterocycles. The summed E-state index contributed by atoms with van der Waals surface area (Å²) in [4.78, 5) is 4.55. The molecule has 0 fully saturated rings. The Balaban J connectivity index is 3.04. The molecule has 0 radical (unpaired) electrons. The fourth-order valence-corrected chi connectivity index (χ4v) is 1.71. The fourth-order valence-electron chi connectivity index (χ4n) is 1.42. The molecule has 0 amide bonds. The summed E-state index contributed by atoms with van der Waals surface area (Å²) in [5, 5.41) is -0.344. The van der Waals surface area contributed by atoms with Crippen LogP contribution in [-0.4, -0.2) is 31.0 Å². The van der Waals surface area contributed by atoms with Gasteiger partial charge in [0, 0.05) is 19.3 Å². The predicted octanol–water partition coefficient (Wildman–Crippen LogP) is 2.78. The lowest BCUT2D eigenvalue weighted by Gasteiger charge is -2.23. The van der Waals surface area contributed by atoms with Crippen molar-refractivity contribution in [3.63, 3.8) is 0 Å². The zero-order valence-corrected chi connectivity index (χ0v) is 10.3. The minimum absolute atomic E-state index is 0.0163. The van der Waals surface area contributed by atoms with E-state index in [0.717, 1.165) is 4.90 Å². The highest BCUT2D eigenvalue weighted by molar-refractivity contribution is 6.33. The molecule has 1 heterocycles. The minimum atomic E-state index is -4.59. The van der Waals surface area contributed by atoms with Crippen LogP contribution in [0.4, 0.5) is 27.8 Å². The number of hydrogen-bond donors (Lipinski definition) is 1. The number of rotatable bonds is 5. The van der Waals surface area contributed by atoms with E-state index < -0.39 is 24.7 Å². The molecular formula is C10H11ClF5N3. The summed E-state index contributed by atoms with van der Waals surface area (Å²) in [5.74, 6) is -0.139. The van der Waals surface area contributed by atoms with Crippen molar-refractivity contribution in [2.24, 2.45) is 5.73 Å². The molecule has 1 aromatic heterocycles. The van der Waals surface area contributed by atoms with Crippen LogP contribution < -0.4 is 10.6 Å². The van der Waals surface area contributed by atoms with E-state index in [9.17, 15) is 22.0 Å². The Hall–Kier alpha value is -1.15. The van der Waals surface area contributed by atoms with Crippen molar-refractivity contribution in [2.45, 2.75) is 12.6 Å². The number of aromatic nitrogens is 1. The first-order valence-electron chi connectivity index (χ1n) is 5.21. The van der Waals surface area contributed by atoms with Gasteiger partial charge in [0.25, 0.3) is 6.43 Å². The van der Waals surface area contributed by atoms with E-state index in [-0.39, 0.29) is 23.9 Å². The van der Waals surface area contributed by atoms with Gasteiger partial charge in [-0.05, 0) is 6.07 Å². The van der Waals surface area contributed by atoms with Crippen molar-refractivity contribution in [1.82, 2.24) is 4.98 Å². The molecule has 2 N–H and O–H groups in total. The fraction of sp³-hybridized carbons (Fsp3) is 0.500. The lowest BCUT2D eigenvalue weighted by atomic mass is 10.2. The summed E-state index contributed by atoms with van der Waals surface area (Å²) in [6.45, 7) is -0.635. The lowest BCUT2D eigenvalue weighted by molar-refractivity contribution is -0.137. The maximum atomic E-state index is 12.4. The Morgan fingerprint density at radius 2 is 2.00 bits per heavy atom. The maximum absolute atomic E-state index is 12.4. The first kappa shape index (κ1) is 15.9. The minimum Gasteiger partial charge on any atom is -0.348 e. The summed E-state index contributed by atoms with van der Waals surface area (Å²) in [6, 6.07) is 0.652. The summed E-state index contributed by atoms with van der Waals surface area (Å²) in [6.07, 6.45) is -6.71. The van der Waals surface area contributed by atoms with Crippen LogP contribution in [0.5, 0.6) is 0 Å². The van der Waals surface area contributed by atoms with Crippen LogP contribution in [0, 0.1) is 0 Å². The monoisotopic (exact) mass is 303 g/mol. The van der Waals surface area contributed by atoms with Gasteiger partial charge in [-0.3, -0.25) is 0 Å². The van der Waals surface area contributed by atoms with E-state index in [4.69, 9.17) is 17.3 Å². The quantitative estimate of drug-likeness (QED) is 0.851. The zero-order valence-electron chi connectivity index (χ0n) is 9.59. The van der Waals surface area contributed by atoms with Crippen LogP contribution in [-0.2, 0) is 6.18 Å². The smallest absolute Gasteiger partial charge is 0.348 e. The second-order valence-electron chi connectivity index (χ2n) is 3.65. The Labute approximate surface area is 111 Å². The van der Waals surface area contributed by atoms with E-state index >= 15 is 0 Å². The summed E-state index contributed by atoms with van der Waals surface area (Å²) < 4.78 is 61.9. The molecule has 0 aliphatic rings. The van der Waals surface area contributed by atoms with Gasteiger partial charge in [-0.1, -0.05) is 11.6 Å². The molecule has 1 rings (SSSR count).